The van der Waals surface area contributed by atoms with Crippen molar-refractivity contribution < 1.29 is 13.9 Å². The number of likely N-dealkylation sites (N-methyl/N-ethyl adjacent to an activating group) is 1. The Balaban J connectivity index is 3.20. The van der Waals surface area contributed by atoms with E-state index in [1.807, 2.05) is 13.8 Å². The predicted octanol–water partition coefficient (Wildman–Crippen LogP) is 2.21. The number of hydrogen-bond donors (Lipinski definition) is 1. The molecule has 1 rings (SSSR count). The third kappa shape index (κ3) is 2.64. The molecular weight excluding hydrogens is 221 g/mol. The summed E-state index contributed by atoms with van der Waals surface area (Å²) in [5.74, 6) is -0.673. The smallest absolute Gasteiger partial charge is 0.330 e. The van der Waals surface area contributed by atoms with Gasteiger partial charge in [-0.3, -0.25) is 5.32 Å². The van der Waals surface area contributed by atoms with Crippen molar-refractivity contribution in [3.63, 3.8) is 0 Å². The minimum Gasteiger partial charge on any atom is -0.467 e. The largest absolute Gasteiger partial charge is 0.467 e. The minimum atomic E-state index is -0.892. The zero-order valence-electron chi connectivity index (χ0n) is 10.4. The summed E-state index contributed by atoms with van der Waals surface area (Å²) in [4.78, 5) is 12.0. The molecule has 0 aliphatic carbocycles. The monoisotopic (exact) mass is 239 g/mol. The van der Waals surface area contributed by atoms with E-state index in [0.29, 0.717) is 13.0 Å². The molecule has 1 unspecified atom stereocenters. The fourth-order valence-electron chi connectivity index (χ4n) is 1.98. The lowest BCUT2D eigenvalue weighted by molar-refractivity contribution is -0.149. The molecule has 0 aliphatic heterocycles. The lowest BCUT2D eigenvalue weighted by Crippen LogP contribution is -2.49. The summed E-state index contributed by atoms with van der Waals surface area (Å²) in [6, 6.07) is 5.91. The number of benzene rings is 1. The summed E-state index contributed by atoms with van der Waals surface area (Å²) in [5, 5.41) is 3.14. The summed E-state index contributed by atoms with van der Waals surface area (Å²) in [5.41, 5.74) is -0.174. The molecule has 0 fully saturated rings. The molecule has 0 amide bonds. The van der Waals surface area contributed by atoms with Crippen molar-refractivity contribution in [3.05, 3.63) is 35.6 Å². The van der Waals surface area contributed by atoms with Crippen LogP contribution in [0.1, 0.15) is 25.8 Å². The number of esters is 1. The number of hydrogen-bond acceptors (Lipinski definition) is 3. The first kappa shape index (κ1) is 13.6. The molecule has 94 valence electrons. The van der Waals surface area contributed by atoms with Gasteiger partial charge in [0.05, 0.1) is 7.11 Å². The van der Waals surface area contributed by atoms with Crippen LogP contribution in [0, 0.1) is 5.82 Å². The van der Waals surface area contributed by atoms with E-state index in [1.54, 1.807) is 12.1 Å². The second kappa shape index (κ2) is 5.77. The zero-order valence-corrected chi connectivity index (χ0v) is 10.4. The van der Waals surface area contributed by atoms with Gasteiger partial charge in [-0.1, -0.05) is 26.0 Å². The number of halogens is 1. The maximum absolute atomic E-state index is 12.9. The Morgan fingerprint density at radius 2 is 1.94 bits per heavy atom. The van der Waals surface area contributed by atoms with Gasteiger partial charge in [-0.25, -0.2) is 9.18 Å². The lowest BCUT2D eigenvalue weighted by atomic mass is 9.87. The van der Waals surface area contributed by atoms with Crippen molar-refractivity contribution in [1.29, 1.82) is 0 Å². The Hall–Kier alpha value is -1.42. The van der Waals surface area contributed by atoms with E-state index < -0.39 is 5.54 Å². The standard InChI is InChI=1S/C13H18FNO2/c1-4-13(15-5-2,12(16)17-3)10-6-8-11(14)9-7-10/h6-9,15H,4-5H2,1-3H3. The van der Waals surface area contributed by atoms with Crippen LogP contribution in [0.25, 0.3) is 0 Å². The predicted molar refractivity (Wildman–Crippen MR) is 64.1 cm³/mol. The van der Waals surface area contributed by atoms with Gasteiger partial charge in [-0.2, -0.15) is 0 Å². The fraction of sp³-hybridized carbons (Fsp3) is 0.462. The van der Waals surface area contributed by atoms with Crippen LogP contribution in [0.4, 0.5) is 4.39 Å². The molecule has 1 atom stereocenters. The van der Waals surface area contributed by atoms with Gasteiger partial charge in [0.2, 0.25) is 0 Å². The molecule has 4 heteroatoms. The Morgan fingerprint density at radius 3 is 2.35 bits per heavy atom. The molecule has 1 aromatic carbocycles. The van der Waals surface area contributed by atoms with E-state index in [4.69, 9.17) is 4.74 Å². The molecule has 0 heterocycles. The zero-order chi connectivity index (χ0) is 12.9. The van der Waals surface area contributed by atoms with Crippen LogP contribution in [-0.2, 0) is 15.1 Å². The number of carbonyl (C=O) groups is 1. The van der Waals surface area contributed by atoms with E-state index in [0.717, 1.165) is 5.56 Å². The molecule has 1 N–H and O–H groups in total. The van der Waals surface area contributed by atoms with Crippen molar-refractivity contribution in [2.75, 3.05) is 13.7 Å². The second-order valence-corrected chi connectivity index (χ2v) is 3.79. The number of nitrogens with one attached hydrogen (secondary N) is 1. The highest BCUT2D eigenvalue weighted by atomic mass is 19.1. The highest BCUT2D eigenvalue weighted by molar-refractivity contribution is 5.82. The van der Waals surface area contributed by atoms with Gasteiger partial charge in [-0.05, 0) is 30.7 Å². The first-order valence-corrected chi connectivity index (χ1v) is 5.70. The molecule has 0 aromatic heterocycles. The van der Waals surface area contributed by atoms with Crippen LogP contribution < -0.4 is 5.32 Å². The van der Waals surface area contributed by atoms with Crippen LogP contribution in [0.15, 0.2) is 24.3 Å². The number of ether oxygens (including phenoxy) is 1. The third-order valence-corrected chi connectivity index (χ3v) is 2.88. The van der Waals surface area contributed by atoms with Crippen LogP contribution in [-0.4, -0.2) is 19.6 Å². The van der Waals surface area contributed by atoms with E-state index in [2.05, 4.69) is 5.32 Å². The van der Waals surface area contributed by atoms with Gasteiger partial charge in [0.25, 0.3) is 0 Å². The van der Waals surface area contributed by atoms with Crippen molar-refractivity contribution in [1.82, 2.24) is 5.32 Å². The summed E-state index contributed by atoms with van der Waals surface area (Å²) < 4.78 is 17.8. The summed E-state index contributed by atoms with van der Waals surface area (Å²) in [7, 11) is 1.35. The Bertz CT molecular complexity index is 378. The maximum atomic E-state index is 12.9. The van der Waals surface area contributed by atoms with Crippen LogP contribution in [0.3, 0.4) is 0 Å². The molecule has 0 spiro atoms. The van der Waals surface area contributed by atoms with Gasteiger partial charge < -0.3 is 4.74 Å². The first-order valence-electron chi connectivity index (χ1n) is 5.70. The normalized spacial score (nSPS) is 14.1. The third-order valence-electron chi connectivity index (χ3n) is 2.88. The van der Waals surface area contributed by atoms with Crippen molar-refractivity contribution in [3.8, 4) is 0 Å². The molecular formula is C13H18FNO2. The minimum absolute atomic E-state index is 0.319. The molecule has 0 radical (unpaired) electrons. The van der Waals surface area contributed by atoms with Crippen molar-refractivity contribution in [2.24, 2.45) is 0 Å². The number of rotatable bonds is 5. The van der Waals surface area contributed by atoms with Crippen LogP contribution in [0.5, 0.6) is 0 Å². The quantitative estimate of drug-likeness (QED) is 0.801. The van der Waals surface area contributed by atoms with Gasteiger partial charge in [-0.15, -0.1) is 0 Å². The topological polar surface area (TPSA) is 38.3 Å². The SMILES string of the molecule is CCNC(CC)(C(=O)OC)c1ccc(F)cc1. The maximum Gasteiger partial charge on any atom is 0.330 e. The van der Waals surface area contributed by atoms with Gasteiger partial charge >= 0.3 is 5.97 Å². The fourth-order valence-corrected chi connectivity index (χ4v) is 1.98. The Morgan fingerprint density at radius 1 is 1.35 bits per heavy atom. The highest BCUT2D eigenvalue weighted by Gasteiger charge is 2.38. The Labute approximate surface area is 101 Å². The van der Waals surface area contributed by atoms with E-state index in [-0.39, 0.29) is 11.8 Å². The van der Waals surface area contributed by atoms with Gasteiger partial charge in [0, 0.05) is 0 Å². The second-order valence-electron chi connectivity index (χ2n) is 3.79. The molecule has 0 aliphatic rings. The molecule has 0 saturated heterocycles. The highest BCUT2D eigenvalue weighted by Crippen LogP contribution is 2.26. The average Bonchev–Trinajstić information content (AvgIpc) is 2.36. The van der Waals surface area contributed by atoms with Gasteiger partial charge in [0.15, 0.2) is 0 Å². The van der Waals surface area contributed by atoms with Gasteiger partial charge in [0.1, 0.15) is 11.4 Å². The summed E-state index contributed by atoms with van der Waals surface area (Å²) >= 11 is 0. The molecule has 1 aromatic rings. The van der Waals surface area contributed by atoms with Crippen LogP contribution in [0.2, 0.25) is 0 Å². The lowest BCUT2D eigenvalue weighted by Gasteiger charge is -2.31. The van der Waals surface area contributed by atoms with Crippen LogP contribution >= 0.6 is 0 Å². The van der Waals surface area contributed by atoms with Crippen molar-refractivity contribution >= 4 is 5.97 Å². The Kier molecular flexibility index (Phi) is 4.63. The number of carbonyl (C=O) groups excluding carboxylic acids is 1. The number of methoxy groups -OCH3 is 1. The first-order chi connectivity index (χ1) is 8.10. The molecule has 0 bridgehead atoms. The molecule has 0 saturated carbocycles. The van der Waals surface area contributed by atoms with E-state index in [9.17, 15) is 9.18 Å². The molecule has 17 heavy (non-hydrogen) atoms. The summed E-state index contributed by atoms with van der Waals surface area (Å²) in [6.07, 6.45) is 0.541. The van der Waals surface area contributed by atoms with E-state index in [1.165, 1.54) is 19.2 Å². The summed E-state index contributed by atoms with van der Waals surface area (Å²) in [6.45, 7) is 4.43. The van der Waals surface area contributed by atoms with E-state index >= 15 is 0 Å². The molecule has 3 nitrogen and oxygen atoms in total. The van der Waals surface area contributed by atoms with Crippen molar-refractivity contribution in [2.45, 2.75) is 25.8 Å². The average molecular weight is 239 g/mol.